The number of hydrogen-bond acceptors (Lipinski definition) is 3. The number of benzene rings is 1. The molecule has 0 aliphatic heterocycles. The maximum absolute atomic E-state index is 11.9. The van der Waals surface area contributed by atoms with Gasteiger partial charge in [-0.2, -0.15) is 0 Å². The second kappa shape index (κ2) is 3.80. The van der Waals surface area contributed by atoms with E-state index >= 15 is 0 Å². The average Bonchev–Trinajstić information content (AvgIpc) is 2.81. The number of carbonyl (C=O) groups is 1. The minimum absolute atomic E-state index is 0.143. The van der Waals surface area contributed by atoms with Gasteiger partial charge in [0.15, 0.2) is 5.82 Å². The van der Waals surface area contributed by atoms with Crippen LogP contribution < -0.4 is 0 Å². The number of hydrogen-bond donors (Lipinski definition) is 1. The summed E-state index contributed by atoms with van der Waals surface area (Å²) in [5, 5.41) is 0.973. The van der Waals surface area contributed by atoms with Gasteiger partial charge in [-0.05, 0) is 6.07 Å². The summed E-state index contributed by atoms with van der Waals surface area (Å²) in [4.78, 5) is 25.0. The van der Waals surface area contributed by atoms with Crippen molar-refractivity contribution >= 4 is 27.8 Å². The number of para-hydroxylation sites is 1. The third kappa shape index (κ3) is 1.52. The Bertz CT molecular complexity index is 745. The van der Waals surface area contributed by atoms with Gasteiger partial charge in [0.05, 0.1) is 17.2 Å². The number of aromatic amines is 1. The lowest BCUT2D eigenvalue weighted by Crippen LogP contribution is -2.22. The fourth-order valence-corrected chi connectivity index (χ4v) is 1.93. The lowest BCUT2D eigenvalue weighted by atomic mass is 10.2. The van der Waals surface area contributed by atoms with E-state index in [-0.39, 0.29) is 5.91 Å². The Hall–Kier alpha value is -2.43. The maximum atomic E-state index is 11.9. The first-order valence-electron chi connectivity index (χ1n) is 5.62. The van der Waals surface area contributed by atoms with Crippen LogP contribution in [0, 0.1) is 0 Å². The normalized spacial score (nSPS) is 11.0. The van der Waals surface area contributed by atoms with Gasteiger partial charge in [0.2, 0.25) is 0 Å². The van der Waals surface area contributed by atoms with Crippen molar-refractivity contribution in [2.75, 3.05) is 14.1 Å². The number of pyridine rings is 1. The molecule has 18 heavy (non-hydrogen) atoms. The SMILES string of the molecule is CN(C)C(=O)c1nc2cnc3ccccc3c2[nH]1. The molecule has 1 N–H and O–H groups in total. The van der Waals surface area contributed by atoms with Gasteiger partial charge in [-0.15, -0.1) is 0 Å². The molecule has 90 valence electrons. The molecule has 0 saturated carbocycles. The van der Waals surface area contributed by atoms with Gasteiger partial charge in [-0.3, -0.25) is 9.78 Å². The smallest absolute Gasteiger partial charge is 0.289 e. The summed E-state index contributed by atoms with van der Waals surface area (Å²) in [6.07, 6.45) is 1.68. The molecule has 0 saturated heterocycles. The largest absolute Gasteiger partial charge is 0.342 e. The van der Waals surface area contributed by atoms with Gasteiger partial charge in [0.25, 0.3) is 5.91 Å². The van der Waals surface area contributed by atoms with E-state index in [4.69, 9.17) is 0 Å². The molecule has 0 aliphatic rings. The first-order chi connectivity index (χ1) is 8.66. The highest BCUT2D eigenvalue weighted by molar-refractivity contribution is 6.04. The van der Waals surface area contributed by atoms with E-state index < -0.39 is 0 Å². The van der Waals surface area contributed by atoms with Crippen LogP contribution >= 0.6 is 0 Å². The van der Waals surface area contributed by atoms with Crippen LogP contribution in [0.1, 0.15) is 10.6 Å². The van der Waals surface area contributed by atoms with Crippen molar-refractivity contribution in [1.82, 2.24) is 19.9 Å². The summed E-state index contributed by atoms with van der Waals surface area (Å²) in [5.74, 6) is 0.198. The molecule has 3 aromatic rings. The van der Waals surface area contributed by atoms with Gasteiger partial charge >= 0.3 is 0 Å². The Morgan fingerprint density at radius 2 is 2.00 bits per heavy atom. The number of nitrogens with one attached hydrogen (secondary N) is 1. The van der Waals surface area contributed by atoms with Crippen LogP contribution in [0.5, 0.6) is 0 Å². The lowest BCUT2D eigenvalue weighted by molar-refractivity contribution is 0.0817. The number of carbonyl (C=O) groups excluding carboxylic acids is 1. The van der Waals surface area contributed by atoms with Crippen molar-refractivity contribution in [2.45, 2.75) is 0 Å². The van der Waals surface area contributed by atoms with Crippen molar-refractivity contribution in [2.24, 2.45) is 0 Å². The molecule has 2 heterocycles. The molecule has 1 aromatic carbocycles. The highest BCUT2D eigenvalue weighted by Gasteiger charge is 2.14. The minimum Gasteiger partial charge on any atom is -0.342 e. The van der Waals surface area contributed by atoms with E-state index in [1.54, 1.807) is 20.3 Å². The number of rotatable bonds is 1. The number of imidazole rings is 1. The Labute approximate surface area is 103 Å². The predicted molar refractivity (Wildman–Crippen MR) is 69.4 cm³/mol. The predicted octanol–water partition coefficient (Wildman–Crippen LogP) is 1.81. The highest BCUT2D eigenvalue weighted by Crippen LogP contribution is 2.21. The summed E-state index contributed by atoms with van der Waals surface area (Å²) in [6.45, 7) is 0. The first-order valence-corrected chi connectivity index (χ1v) is 5.62. The minimum atomic E-state index is -0.143. The van der Waals surface area contributed by atoms with E-state index in [1.807, 2.05) is 24.3 Å². The van der Waals surface area contributed by atoms with Gasteiger partial charge in [-0.1, -0.05) is 18.2 Å². The molecular formula is C13H12N4O. The number of amides is 1. The van der Waals surface area contributed by atoms with E-state index in [0.29, 0.717) is 11.3 Å². The van der Waals surface area contributed by atoms with Crippen LogP contribution in [0.25, 0.3) is 21.9 Å². The van der Waals surface area contributed by atoms with Crippen molar-refractivity contribution < 1.29 is 4.79 Å². The van der Waals surface area contributed by atoms with Crippen molar-refractivity contribution in [3.8, 4) is 0 Å². The Morgan fingerprint density at radius 1 is 1.22 bits per heavy atom. The monoisotopic (exact) mass is 240 g/mol. The average molecular weight is 240 g/mol. The molecule has 0 spiro atoms. The molecule has 3 rings (SSSR count). The molecule has 0 atom stereocenters. The lowest BCUT2D eigenvalue weighted by Gasteiger charge is -2.06. The Balaban J connectivity index is 2.29. The molecule has 0 unspecified atom stereocenters. The number of H-pyrrole nitrogens is 1. The standard InChI is InChI=1S/C13H12N4O/c1-17(2)13(18)12-15-10-7-14-9-6-4-3-5-8(9)11(10)16-12/h3-7H,1-2H3,(H,15,16). The van der Waals surface area contributed by atoms with E-state index in [1.165, 1.54) is 4.90 Å². The van der Waals surface area contributed by atoms with Crippen LogP contribution in [0.15, 0.2) is 30.5 Å². The zero-order valence-corrected chi connectivity index (χ0v) is 10.1. The number of fused-ring (bicyclic) bond motifs is 3. The quantitative estimate of drug-likeness (QED) is 0.705. The topological polar surface area (TPSA) is 61.9 Å². The Kier molecular flexibility index (Phi) is 2.26. The molecule has 5 nitrogen and oxygen atoms in total. The van der Waals surface area contributed by atoms with Crippen molar-refractivity contribution in [1.29, 1.82) is 0 Å². The highest BCUT2D eigenvalue weighted by atomic mass is 16.2. The van der Waals surface area contributed by atoms with Crippen LogP contribution in [-0.2, 0) is 0 Å². The van der Waals surface area contributed by atoms with Crippen LogP contribution in [0.3, 0.4) is 0 Å². The van der Waals surface area contributed by atoms with E-state index in [9.17, 15) is 4.79 Å². The fourth-order valence-electron chi connectivity index (χ4n) is 1.93. The van der Waals surface area contributed by atoms with Crippen LogP contribution in [-0.4, -0.2) is 39.9 Å². The van der Waals surface area contributed by atoms with Gasteiger partial charge in [0.1, 0.15) is 5.52 Å². The summed E-state index contributed by atoms with van der Waals surface area (Å²) < 4.78 is 0. The first kappa shape index (κ1) is 10.7. The zero-order valence-electron chi connectivity index (χ0n) is 10.1. The second-order valence-electron chi connectivity index (χ2n) is 4.32. The van der Waals surface area contributed by atoms with Gasteiger partial charge in [0, 0.05) is 19.5 Å². The van der Waals surface area contributed by atoms with Crippen LogP contribution in [0.2, 0.25) is 0 Å². The zero-order chi connectivity index (χ0) is 12.7. The molecule has 5 heteroatoms. The van der Waals surface area contributed by atoms with Crippen molar-refractivity contribution in [3.63, 3.8) is 0 Å². The van der Waals surface area contributed by atoms with E-state index in [2.05, 4.69) is 15.0 Å². The van der Waals surface area contributed by atoms with Crippen molar-refractivity contribution in [3.05, 3.63) is 36.3 Å². The van der Waals surface area contributed by atoms with Gasteiger partial charge in [-0.25, -0.2) is 4.98 Å². The molecule has 2 aromatic heterocycles. The molecule has 0 fully saturated rings. The summed E-state index contributed by atoms with van der Waals surface area (Å²) in [5.41, 5.74) is 2.45. The summed E-state index contributed by atoms with van der Waals surface area (Å²) in [7, 11) is 3.40. The summed E-state index contributed by atoms with van der Waals surface area (Å²) in [6, 6.07) is 7.77. The third-order valence-electron chi connectivity index (χ3n) is 2.84. The molecule has 0 aliphatic carbocycles. The molecular weight excluding hydrogens is 228 g/mol. The summed E-state index contributed by atoms with van der Waals surface area (Å²) >= 11 is 0. The van der Waals surface area contributed by atoms with E-state index in [0.717, 1.165) is 16.4 Å². The third-order valence-corrected chi connectivity index (χ3v) is 2.84. The molecule has 1 amide bonds. The fraction of sp³-hybridized carbons (Fsp3) is 0.154. The number of nitrogens with zero attached hydrogens (tertiary/aromatic N) is 3. The maximum Gasteiger partial charge on any atom is 0.289 e. The van der Waals surface area contributed by atoms with Crippen LogP contribution in [0.4, 0.5) is 0 Å². The van der Waals surface area contributed by atoms with Gasteiger partial charge < -0.3 is 9.88 Å². The molecule has 0 radical (unpaired) electrons. The molecule has 0 bridgehead atoms. The second-order valence-corrected chi connectivity index (χ2v) is 4.32. The Morgan fingerprint density at radius 3 is 2.78 bits per heavy atom. The number of aromatic nitrogens is 3.